The van der Waals surface area contributed by atoms with Gasteiger partial charge >= 0.3 is 0 Å². The minimum atomic E-state index is -3.15. The average Bonchev–Trinajstić information content (AvgIpc) is 2.98. The van der Waals surface area contributed by atoms with Crippen LogP contribution in [0.5, 0.6) is 0 Å². The zero-order valence-electron chi connectivity index (χ0n) is 13.1. The summed E-state index contributed by atoms with van der Waals surface area (Å²) in [5, 5.41) is 2.86. The zero-order chi connectivity index (χ0) is 18.5. The second-order valence-corrected chi connectivity index (χ2v) is 9.12. The predicted octanol–water partition coefficient (Wildman–Crippen LogP) is 1.28. The van der Waals surface area contributed by atoms with Gasteiger partial charge in [0.2, 0.25) is 5.91 Å². The Labute approximate surface area is 154 Å². The lowest BCUT2D eigenvalue weighted by molar-refractivity contribution is -0.125. The molecule has 0 aliphatic carbocycles. The molecule has 3 rings (SSSR count). The summed E-state index contributed by atoms with van der Waals surface area (Å²) in [6.45, 7) is 1.41. The highest BCUT2D eigenvalue weighted by Gasteiger charge is 2.42. The predicted molar refractivity (Wildman–Crippen MR) is 91.6 cm³/mol. The normalized spacial score (nSPS) is 22.8. The third kappa shape index (κ3) is 3.26. The number of carbonyl (C=O) groups is 3. The quantitative estimate of drug-likeness (QED) is 0.764. The lowest BCUT2D eigenvalue weighted by Crippen LogP contribution is -2.50. The monoisotopic (exact) mass is 404 g/mol. The van der Waals surface area contributed by atoms with E-state index >= 15 is 0 Å². The number of carbonyl (C=O) groups excluding carboxylic acids is 3. The molecule has 0 radical (unpaired) electrons. The van der Waals surface area contributed by atoms with E-state index in [0.717, 1.165) is 4.90 Å². The zero-order valence-corrected chi connectivity index (χ0v) is 15.4. The lowest BCUT2D eigenvalue weighted by Gasteiger charge is -2.23. The number of imide groups is 1. The van der Waals surface area contributed by atoms with Crippen LogP contribution < -0.4 is 5.32 Å². The number of hydrogen-bond acceptors (Lipinski definition) is 5. The maximum atomic E-state index is 12.5. The minimum Gasteiger partial charge on any atom is -0.351 e. The first-order chi connectivity index (χ1) is 11.6. The van der Waals surface area contributed by atoms with Crippen molar-refractivity contribution in [1.29, 1.82) is 0 Å². The fourth-order valence-electron chi connectivity index (χ4n) is 2.95. The first-order valence-corrected chi connectivity index (χ1v) is 10.1. The molecule has 1 aromatic carbocycles. The van der Waals surface area contributed by atoms with Crippen molar-refractivity contribution in [1.82, 2.24) is 10.2 Å². The Balaban J connectivity index is 1.79. The standard InChI is InChI=1S/C15H14Cl2N2O5S/c1-7(13(20)18-8-2-3-25(23,24)6-8)19-14(21)9-4-11(16)12(17)5-10(9)15(19)22/h4-5,7-8H,2-3,6H2,1H3,(H,18,20). The van der Waals surface area contributed by atoms with Crippen molar-refractivity contribution in [3.05, 3.63) is 33.3 Å². The van der Waals surface area contributed by atoms with Gasteiger partial charge in [-0.05, 0) is 25.5 Å². The third-order valence-electron chi connectivity index (χ3n) is 4.30. The topological polar surface area (TPSA) is 101 Å². The van der Waals surface area contributed by atoms with Crippen molar-refractivity contribution in [2.45, 2.75) is 25.4 Å². The molecule has 0 spiro atoms. The molecule has 0 bridgehead atoms. The van der Waals surface area contributed by atoms with Crippen molar-refractivity contribution in [3.8, 4) is 0 Å². The number of sulfone groups is 1. The summed E-state index contributed by atoms with van der Waals surface area (Å²) in [7, 11) is -3.15. The first kappa shape index (κ1) is 18.2. The molecule has 2 atom stereocenters. The van der Waals surface area contributed by atoms with Crippen LogP contribution in [0.3, 0.4) is 0 Å². The molecule has 0 saturated carbocycles. The molecule has 1 aromatic rings. The third-order valence-corrected chi connectivity index (χ3v) is 6.79. The number of amides is 3. The van der Waals surface area contributed by atoms with Gasteiger partial charge in [0, 0.05) is 6.04 Å². The molecule has 3 amide bonds. The highest BCUT2D eigenvalue weighted by atomic mass is 35.5. The second kappa shape index (κ2) is 6.26. The van der Waals surface area contributed by atoms with Crippen molar-refractivity contribution < 1.29 is 22.8 Å². The Morgan fingerprint density at radius 1 is 1.20 bits per heavy atom. The van der Waals surface area contributed by atoms with E-state index in [1.807, 2.05) is 0 Å². The minimum absolute atomic E-state index is 0.0103. The summed E-state index contributed by atoms with van der Waals surface area (Å²) in [5.41, 5.74) is 0.171. The summed E-state index contributed by atoms with van der Waals surface area (Å²) in [5.74, 6) is -2.00. The van der Waals surface area contributed by atoms with Gasteiger partial charge in [0.05, 0.1) is 32.7 Å². The summed E-state index contributed by atoms with van der Waals surface area (Å²) in [6, 6.07) is 0.994. The van der Waals surface area contributed by atoms with E-state index in [2.05, 4.69) is 5.32 Å². The van der Waals surface area contributed by atoms with Crippen molar-refractivity contribution >= 4 is 50.8 Å². The average molecular weight is 405 g/mol. The number of hydrogen-bond donors (Lipinski definition) is 1. The molecular formula is C15H14Cl2N2O5S. The SMILES string of the molecule is CC(C(=O)NC1CCS(=O)(=O)C1)N1C(=O)c2cc(Cl)c(Cl)cc2C1=O. The summed E-state index contributed by atoms with van der Waals surface area (Å²) in [4.78, 5) is 38.2. The number of nitrogens with one attached hydrogen (secondary N) is 1. The van der Waals surface area contributed by atoms with E-state index in [9.17, 15) is 22.8 Å². The molecule has 2 aliphatic heterocycles. The Morgan fingerprint density at radius 2 is 1.72 bits per heavy atom. The number of benzene rings is 1. The maximum absolute atomic E-state index is 12.5. The van der Waals surface area contributed by atoms with Gasteiger partial charge in [-0.25, -0.2) is 8.42 Å². The molecule has 2 unspecified atom stereocenters. The molecule has 1 N–H and O–H groups in total. The van der Waals surface area contributed by atoms with Crippen LogP contribution in [0, 0.1) is 0 Å². The van der Waals surface area contributed by atoms with E-state index in [1.165, 1.54) is 19.1 Å². The number of nitrogens with zero attached hydrogens (tertiary/aromatic N) is 1. The molecule has 1 fully saturated rings. The van der Waals surface area contributed by atoms with E-state index in [1.54, 1.807) is 0 Å². The maximum Gasteiger partial charge on any atom is 0.262 e. The molecule has 134 valence electrons. The van der Waals surface area contributed by atoms with Crippen LogP contribution in [0.2, 0.25) is 10.0 Å². The number of fused-ring (bicyclic) bond motifs is 1. The number of rotatable bonds is 3. The fraction of sp³-hybridized carbons (Fsp3) is 0.400. The molecular weight excluding hydrogens is 391 g/mol. The van der Waals surface area contributed by atoms with Crippen molar-refractivity contribution in [2.75, 3.05) is 11.5 Å². The van der Waals surface area contributed by atoms with E-state index in [0.29, 0.717) is 6.42 Å². The molecule has 2 aliphatic rings. The summed E-state index contributed by atoms with van der Waals surface area (Å²) >= 11 is 11.8. The van der Waals surface area contributed by atoms with E-state index in [-0.39, 0.29) is 32.7 Å². The van der Waals surface area contributed by atoms with Gasteiger partial charge in [-0.2, -0.15) is 0 Å². The van der Waals surface area contributed by atoms with E-state index in [4.69, 9.17) is 23.2 Å². The molecule has 2 heterocycles. The van der Waals surface area contributed by atoms with Crippen LogP contribution in [-0.4, -0.2) is 54.6 Å². The second-order valence-electron chi connectivity index (χ2n) is 6.08. The largest absolute Gasteiger partial charge is 0.351 e. The van der Waals surface area contributed by atoms with Gasteiger partial charge in [-0.3, -0.25) is 19.3 Å². The van der Waals surface area contributed by atoms with Crippen LogP contribution in [0.15, 0.2) is 12.1 Å². The van der Waals surface area contributed by atoms with Gasteiger partial charge in [0.15, 0.2) is 9.84 Å². The Kier molecular flexibility index (Phi) is 4.55. The van der Waals surface area contributed by atoms with E-state index < -0.39 is 39.6 Å². The van der Waals surface area contributed by atoms with Crippen LogP contribution in [-0.2, 0) is 14.6 Å². The van der Waals surface area contributed by atoms with Gasteiger partial charge in [0.25, 0.3) is 11.8 Å². The first-order valence-electron chi connectivity index (χ1n) is 7.48. The Hall–Kier alpha value is -1.64. The van der Waals surface area contributed by atoms with Crippen LogP contribution in [0.25, 0.3) is 0 Å². The molecule has 10 heteroatoms. The van der Waals surface area contributed by atoms with Crippen LogP contribution in [0.1, 0.15) is 34.1 Å². The highest BCUT2D eigenvalue weighted by molar-refractivity contribution is 7.91. The summed E-state index contributed by atoms with van der Waals surface area (Å²) < 4.78 is 22.9. The van der Waals surface area contributed by atoms with Gasteiger partial charge in [-0.15, -0.1) is 0 Å². The molecule has 7 nitrogen and oxygen atoms in total. The Morgan fingerprint density at radius 3 is 2.16 bits per heavy atom. The van der Waals surface area contributed by atoms with Crippen molar-refractivity contribution in [2.24, 2.45) is 0 Å². The van der Waals surface area contributed by atoms with Crippen LogP contribution >= 0.6 is 23.2 Å². The molecule has 25 heavy (non-hydrogen) atoms. The number of halogens is 2. The molecule has 1 saturated heterocycles. The van der Waals surface area contributed by atoms with Gasteiger partial charge < -0.3 is 5.32 Å². The highest BCUT2D eigenvalue weighted by Crippen LogP contribution is 2.32. The molecule has 0 aromatic heterocycles. The van der Waals surface area contributed by atoms with Crippen molar-refractivity contribution in [3.63, 3.8) is 0 Å². The Bertz CT molecular complexity index is 858. The fourth-order valence-corrected chi connectivity index (χ4v) is 4.95. The van der Waals surface area contributed by atoms with Gasteiger partial charge in [-0.1, -0.05) is 23.2 Å². The lowest BCUT2D eigenvalue weighted by atomic mass is 10.1. The van der Waals surface area contributed by atoms with Gasteiger partial charge in [0.1, 0.15) is 6.04 Å². The van der Waals surface area contributed by atoms with Crippen LogP contribution in [0.4, 0.5) is 0 Å². The smallest absolute Gasteiger partial charge is 0.262 e. The summed E-state index contributed by atoms with van der Waals surface area (Å²) in [6.07, 6.45) is 0.314.